The average molecular weight is 488 g/mol. The molecule has 0 aliphatic rings. The Kier molecular flexibility index (Phi) is 5.36. The van der Waals surface area contributed by atoms with Crippen LogP contribution in [0.15, 0.2) is 81.1 Å². The minimum Gasteiger partial charge on any atom is -0.507 e. The molecule has 1 aromatic heterocycles. The number of hydrogen-bond acceptors (Lipinski definition) is 4. The summed E-state index contributed by atoms with van der Waals surface area (Å²) in [6.45, 7) is 0. The third kappa shape index (κ3) is 4.22. The Hall–Kier alpha value is -3.46. The molecule has 1 N–H and O–H groups in total. The van der Waals surface area contributed by atoms with Gasteiger partial charge in [-0.3, -0.25) is 4.79 Å². The SMILES string of the molecule is O=c1c2ccccc2nc(-c2cccc(C(F)(F)F)c2)n1N=Cc1ccc(O)c(Br)c1. The third-order valence-electron chi connectivity index (χ3n) is 4.50. The van der Waals surface area contributed by atoms with Crippen LogP contribution in [0.1, 0.15) is 11.1 Å². The minimum atomic E-state index is -4.54. The van der Waals surface area contributed by atoms with Crippen molar-refractivity contribution < 1.29 is 18.3 Å². The van der Waals surface area contributed by atoms with Crippen molar-refractivity contribution >= 4 is 33.0 Å². The smallest absolute Gasteiger partial charge is 0.416 e. The summed E-state index contributed by atoms with van der Waals surface area (Å²) in [5, 5.41) is 14.1. The van der Waals surface area contributed by atoms with Crippen LogP contribution >= 0.6 is 15.9 Å². The molecular weight excluding hydrogens is 475 g/mol. The number of para-hydroxylation sites is 1. The van der Waals surface area contributed by atoms with Crippen LogP contribution in [0.4, 0.5) is 13.2 Å². The third-order valence-corrected chi connectivity index (χ3v) is 5.13. The summed E-state index contributed by atoms with van der Waals surface area (Å²) in [6.07, 6.45) is -3.18. The predicted octanol–water partition coefficient (Wildman–Crippen LogP) is 5.43. The van der Waals surface area contributed by atoms with Crippen LogP contribution in [0, 0.1) is 0 Å². The minimum absolute atomic E-state index is 0.0242. The van der Waals surface area contributed by atoms with Gasteiger partial charge in [-0.05, 0) is 64.0 Å². The molecule has 0 spiro atoms. The van der Waals surface area contributed by atoms with E-state index in [4.69, 9.17) is 0 Å². The molecule has 156 valence electrons. The van der Waals surface area contributed by atoms with Crippen LogP contribution in [0.25, 0.3) is 22.3 Å². The van der Waals surface area contributed by atoms with Crippen molar-refractivity contribution in [2.45, 2.75) is 6.18 Å². The first-order valence-electron chi connectivity index (χ1n) is 8.96. The lowest BCUT2D eigenvalue weighted by molar-refractivity contribution is -0.137. The molecule has 0 saturated heterocycles. The van der Waals surface area contributed by atoms with Gasteiger partial charge in [0.05, 0.1) is 27.2 Å². The van der Waals surface area contributed by atoms with Crippen LogP contribution < -0.4 is 5.56 Å². The molecule has 0 fully saturated rings. The topological polar surface area (TPSA) is 67.5 Å². The average Bonchev–Trinajstić information content (AvgIpc) is 2.75. The van der Waals surface area contributed by atoms with Gasteiger partial charge < -0.3 is 5.11 Å². The Morgan fingerprint density at radius 1 is 1.03 bits per heavy atom. The molecule has 0 amide bonds. The van der Waals surface area contributed by atoms with Crippen LogP contribution in [0.2, 0.25) is 0 Å². The Bertz CT molecular complexity index is 1380. The molecular formula is C22H13BrF3N3O2. The van der Waals surface area contributed by atoms with Crippen molar-refractivity contribution in [2.24, 2.45) is 5.10 Å². The maximum atomic E-state index is 13.2. The second kappa shape index (κ2) is 7.99. The summed E-state index contributed by atoms with van der Waals surface area (Å²) in [5.74, 6) is 0.00948. The number of alkyl halides is 3. The van der Waals surface area contributed by atoms with Gasteiger partial charge in [0.15, 0.2) is 5.82 Å². The van der Waals surface area contributed by atoms with Crippen LogP contribution in [0.5, 0.6) is 5.75 Å². The highest BCUT2D eigenvalue weighted by atomic mass is 79.9. The van der Waals surface area contributed by atoms with Crippen LogP contribution in [-0.4, -0.2) is 21.0 Å². The molecule has 0 aliphatic carbocycles. The first-order valence-corrected chi connectivity index (χ1v) is 9.75. The van der Waals surface area contributed by atoms with Gasteiger partial charge in [0.1, 0.15) is 5.75 Å². The zero-order chi connectivity index (χ0) is 22.2. The number of nitrogens with zero attached hydrogens (tertiary/aromatic N) is 3. The molecule has 4 rings (SSSR count). The summed E-state index contributed by atoms with van der Waals surface area (Å²) in [6, 6.07) is 15.7. The fraction of sp³-hybridized carbons (Fsp3) is 0.0455. The summed E-state index contributed by atoms with van der Waals surface area (Å²) < 4.78 is 41.0. The summed E-state index contributed by atoms with van der Waals surface area (Å²) in [4.78, 5) is 17.5. The number of rotatable bonds is 3. The molecule has 0 atom stereocenters. The Morgan fingerprint density at radius 3 is 2.55 bits per heavy atom. The number of phenols is 1. The Morgan fingerprint density at radius 2 is 1.81 bits per heavy atom. The standard InChI is InChI=1S/C22H13BrF3N3O2/c23-17-10-13(8-9-19(17)30)12-27-29-20(14-4-3-5-15(11-14)22(24,25)26)28-18-7-2-1-6-16(18)21(29)31/h1-12,30H. The molecule has 0 saturated carbocycles. The number of hydrogen-bond donors (Lipinski definition) is 1. The van der Waals surface area contributed by atoms with Crippen molar-refractivity contribution in [3.63, 3.8) is 0 Å². The largest absolute Gasteiger partial charge is 0.507 e. The van der Waals surface area contributed by atoms with Crippen molar-refractivity contribution in [3.8, 4) is 17.1 Å². The molecule has 9 heteroatoms. The maximum absolute atomic E-state index is 13.2. The van der Waals surface area contributed by atoms with Crippen molar-refractivity contribution in [3.05, 3.63) is 92.7 Å². The van der Waals surface area contributed by atoms with E-state index in [1.54, 1.807) is 36.4 Å². The first-order chi connectivity index (χ1) is 14.7. The monoisotopic (exact) mass is 487 g/mol. The van der Waals surface area contributed by atoms with E-state index in [9.17, 15) is 23.1 Å². The fourth-order valence-corrected chi connectivity index (χ4v) is 3.38. The second-order valence-electron chi connectivity index (χ2n) is 6.60. The highest BCUT2D eigenvalue weighted by Crippen LogP contribution is 2.32. The molecule has 0 bridgehead atoms. The van der Waals surface area contributed by atoms with Gasteiger partial charge in [-0.25, -0.2) is 4.98 Å². The van der Waals surface area contributed by atoms with Gasteiger partial charge in [0.2, 0.25) is 0 Å². The van der Waals surface area contributed by atoms with E-state index in [1.165, 1.54) is 24.4 Å². The van der Waals surface area contributed by atoms with Gasteiger partial charge in [0, 0.05) is 5.56 Å². The number of fused-ring (bicyclic) bond motifs is 1. The van der Waals surface area contributed by atoms with Gasteiger partial charge >= 0.3 is 6.18 Å². The number of benzene rings is 3. The first kappa shape index (κ1) is 20.8. The van der Waals surface area contributed by atoms with E-state index in [0.29, 0.717) is 15.6 Å². The number of phenolic OH excluding ortho intramolecular Hbond substituents is 1. The van der Waals surface area contributed by atoms with Gasteiger partial charge in [-0.2, -0.15) is 22.9 Å². The van der Waals surface area contributed by atoms with E-state index in [-0.39, 0.29) is 22.5 Å². The van der Waals surface area contributed by atoms with Crippen molar-refractivity contribution in [2.75, 3.05) is 0 Å². The molecule has 0 unspecified atom stereocenters. The lowest BCUT2D eigenvalue weighted by Crippen LogP contribution is -2.20. The van der Waals surface area contributed by atoms with E-state index in [2.05, 4.69) is 26.0 Å². The van der Waals surface area contributed by atoms with Crippen molar-refractivity contribution in [1.29, 1.82) is 0 Å². The van der Waals surface area contributed by atoms with E-state index < -0.39 is 17.3 Å². The molecule has 3 aromatic carbocycles. The Balaban J connectivity index is 1.93. The molecule has 0 aliphatic heterocycles. The van der Waals surface area contributed by atoms with Gasteiger partial charge in [0.25, 0.3) is 5.56 Å². The second-order valence-corrected chi connectivity index (χ2v) is 7.46. The zero-order valence-electron chi connectivity index (χ0n) is 15.6. The highest BCUT2D eigenvalue weighted by Gasteiger charge is 2.30. The summed E-state index contributed by atoms with van der Waals surface area (Å²) >= 11 is 3.20. The molecule has 4 aromatic rings. The maximum Gasteiger partial charge on any atom is 0.416 e. The summed E-state index contributed by atoms with van der Waals surface area (Å²) in [5.41, 5.74) is -0.377. The highest BCUT2D eigenvalue weighted by molar-refractivity contribution is 9.10. The fourth-order valence-electron chi connectivity index (χ4n) is 2.98. The lowest BCUT2D eigenvalue weighted by Gasteiger charge is -2.12. The normalized spacial score (nSPS) is 12.0. The zero-order valence-corrected chi connectivity index (χ0v) is 17.2. The molecule has 31 heavy (non-hydrogen) atoms. The molecule has 1 heterocycles. The van der Waals surface area contributed by atoms with Crippen molar-refractivity contribution in [1.82, 2.24) is 9.66 Å². The quantitative estimate of drug-likeness (QED) is 0.391. The number of aromatic nitrogens is 2. The van der Waals surface area contributed by atoms with Gasteiger partial charge in [-0.15, -0.1) is 0 Å². The van der Waals surface area contributed by atoms with E-state index in [0.717, 1.165) is 16.8 Å². The van der Waals surface area contributed by atoms with Crippen LogP contribution in [-0.2, 0) is 6.18 Å². The molecule has 5 nitrogen and oxygen atoms in total. The number of halogens is 4. The van der Waals surface area contributed by atoms with E-state index in [1.807, 2.05) is 0 Å². The lowest BCUT2D eigenvalue weighted by atomic mass is 10.1. The Labute approximate surface area is 182 Å². The van der Waals surface area contributed by atoms with Crippen LogP contribution in [0.3, 0.4) is 0 Å². The molecule has 0 radical (unpaired) electrons. The van der Waals surface area contributed by atoms with E-state index >= 15 is 0 Å². The van der Waals surface area contributed by atoms with Gasteiger partial charge in [-0.1, -0.05) is 24.3 Å². The predicted molar refractivity (Wildman–Crippen MR) is 115 cm³/mol. The number of aromatic hydroxyl groups is 1. The summed E-state index contributed by atoms with van der Waals surface area (Å²) in [7, 11) is 0.